The molecule has 1 atom stereocenters. The lowest BCUT2D eigenvalue weighted by atomic mass is 10.0. The molecule has 0 heterocycles. The lowest BCUT2D eigenvalue weighted by molar-refractivity contribution is 0.561. The summed E-state index contributed by atoms with van der Waals surface area (Å²) in [7, 11) is 1.83. The van der Waals surface area contributed by atoms with E-state index in [0.717, 1.165) is 5.69 Å². The van der Waals surface area contributed by atoms with Crippen LogP contribution in [-0.4, -0.2) is 20.1 Å². The van der Waals surface area contributed by atoms with Crippen LogP contribution in [0.1, 0.15) is 18.5 Å². The van der Waals surface area contributed by atoms with Gasteiger partial charge in [0.1, 0.15) is 5.82 Å². The van der Waals surface area contributed by atoms with Gasteiger partial charge >= 0.3 is 0 Å². The lowest BCUT2D eigenvalue weighted by Gasteiger charge is -2.27. The molecule has 0 aliphatic rings. The monoisotopic (exact) mass is 248 g/mol. The highest BCUT2D eigenvalue weighted by molar-refractivity contribution is 5.56. The van der Waals surface area contributed by atoms with Gasteiger partial charge in [-0.3, -0.25) is 0 Å². The molecule has 1 N–H and O–H groups in total. The zero-order valence-corrected chi connectivity index (χ0v) is 11.1. The van der Waals surface area contributed by atoms with Gasteiger partial charge in [0.25, 0.3) is 0 Å². The summed E-state index contributed by atoms with van der Waals surface area (Å²) < 4.78 is 14.0. The first-order chi connectivity index (χ1) is 8.65. The zero-order valence-electron chi connectivity index (χ0n) is 11.1. The van der Waals surface area contributed by atoms with Crippen LogP contribution in [0.15, 0.2) is 43.5 Å². The summed E-state index contributed by atoms with van der Waals surface area (Å²) in [5.74, 6) is -0.188. The second-order valence-corrected chi connectivity index (χ2v) is 4.17. The molecule has 0 spiro atoms. The summed E-state index contributed by atoms with van der Waals surface area (Å²) in [5, 5.41) is 3.08. The maximum absolute atomic E-state index is 14.0. The predicted octanol–water partition coefficient (Wildman–Crippen LogP) is 3.28. The van der Waals surface area contributed by atoms with Crippen LogP contribution < -0.4 is 10.2 Å². The van der Waals surface area contributed by atoms with Crippen LogP contribution in [0, 0.1) is 5.82 Å². The molecule has 0 aliphatic carbocycles. The highest BCUT2D eigenvalue weighted by Gasteiger charge is 2.17. The van der Waals surface area contributed by atoms with Gasteiger partial charge in [0, 0.05) is 30.4 Å². The molecule has 0 aromatic heterocycles. The Bertz CT molecular complexity index is 405. The van der Waals surface area contributed by atoms with Crippen molar-refractivity contribution >= 4 is 5.69 Å². The van der Waals surface area contributed by atoms with Crippen molar-refractivity contribution in [3.63, 3.8) is 0 Å². The van der Waals surface area contributed by atoms with Gasteiger partial charge in [0.05, 0.1) is 0 Å². The van der Waals surface area contributed by atoms with Gasteiger partial charge in [-0.05, 0) is 26.1 Å². The fourth-order valence-corrected chi connectivity index (χ4v) is 1.96. The Balaban J connectivity index is 3.23. The Labute approximate surface area is 109 Å². The van der Waals surface area contributed by atoms with Gasteiger partial charge in [-0.2, -0.15) is 0 Å². The Morgan fingerprint density at radius 2 is 1.94 bits per heavy atom. The standard InChI is InChI=1S/C15H21FN2/c1-5-10-18(11-6-2)14-9-7-8-13(16)15(14)12(3)17-4/h5-9,12,17H,1-2,10-11H2,3-4H3. The third-order valence-corrected chi connectivity index (χ3v) is 2.94. The minimum atomic E-state index is -0.188. The minimum Gasteiger partial charge on any atom is -0.364 e. The minimum absolute atomic E-state index is 0.0432. The maximum atomic E-state index is 14.0. The number of hydrogen-bond acceptors (Lipinski definition) is 2. The molecule has 0 aliphatic heterocycles. The van der Waals surface area contributed by atoms with Crippen LogP contribution in [0.5, 0.6) is 0 Å². The molecule has 1 aromatic carbocycles. The Morgan fingerprint density at radius 1 is 1.33 bits per heavy atom. The lowest BCUT2D eigenvalue weighted by Crippen LogP contribution is -2.27. The van der Waals surface area contributed by atoms with Gasteiger partial charge < -0.3 is 10.2 Å². The van der Waals surface area contributed by atoms with Gasteiger partial charge in [-0.25, -0.2) is 4.39 Å². The quantitative estimate of drug-likeness (QED) is 0.745. The summed E-state index contributed by atoms with van der Waals surface area (Å²) in [6, 6.07) is 5.11. The van der Waals surface area contributed by atoms with E-state index in [0.29, 0.717) is 18.7 Å². The van der Waals surface area contributed by atoms with Crippen molar-refractivity contribution in [2.75, 3.05) is 25.0 Å². The van der Waals surface area contributed by atoms with Crippen molar-refractivity contribution in [3.05, 3.63) is 54.9 Å². The molecule has 0 fully saturated rings. The average molecular weight is 248 g/mol. The first-order valence-corrected chi connectivity index (χ1v) is 6.08. The molecule has 3 heteroatoms. The number of nitrogens with one attached hydrogen (secondary N) is 1. The second kappa shape index (κ2) is 6.97. The summed E-state index contributed by atoms with van der Waals surface area (Å²) >= 11 is 0. The van der Waals surface area contributed by atoms with Crippen LogP contribution in [0.25, 0.3) is 0 Å². The smallest absolute Gasteiger partial charge is 0.130 e. The summed E-state index contributed by atoms with van der Waals surface area (Å²) in [6.07, 6.45) is 3.62. The third kappa shape index (κ3) is 3.20. The molecule has 2 nitrogen and oxygen atoms in total. The number of rotatable bonds is 7. The summed E-state index contributed by atoms with van der Waals surface area (Å²) in [5.41, 5.74) is 1.57. The number of hydrogen-bond donors (Lipinski definition) is 1. The Kier molecular flexibility index (Phi) is 5.59. The van der Waals surface area contributed by atoms with E-state index in [1.807, 2.05) is 37.1 Å². The fourth-order valence-electron chi connectivity index (χ4n) is 1.96. The predicted molar refractivity (Wildman–Crippen MR) is 76.5 cm³/mol. The molecule has 98 valence electrons. The molecular formula is C15H21FN2. The fraction of sp³-hybridized carbons (Fsp3) is 0.333. The molecule has 0 amide bonds. The van der Waals surface area contributed by atoms with Crippen molar-refractivity contribution in [1.29, 1.82) is 0 Å². The van der Waals surface area contributed by atoms with Crippen molar-refractivity contribution in [2.24, 2.45) is 0 Å². The van der Waals surface area contributed by atoms with Gasteiger partial charge in [0.15, 0.2) is 0 Å². The number of anilines is 1. The van der Waals surface area contributed by atoms with Crippen LogP contribution in [0.4, 0.5) is 10.1 Å². The number of halogens is 1. The van der Waals surface area contributed by atoms with Crippen molar-refractivity contribution < 1.29 is 4.39 Å². The van der Waals surface area contributed by atoms with E-state index in [2.05, 4.69) is 18.5 Å². The largest absolute Gasteiger partial charge is 0.364 e. The zero-order chi connectivity index (χ0) is 13.5. The highest BCUT2D eigenvalue weighted by Crippen LogP contribution is 2.28. The molecule has 1 unspecified atom stereocenters. The van der Waals surface area contributed by atoms with E-state index >= 15 is 0 Å². The van der Waals surface area contributed by atoms with Crippen LogP contribution in [0.3, 0.4) is 0 Å². The van der Waals surface area contributed by atoms with E-state index < -0.39 is 0 Å². The van der Waals surface area contributed by atoms with Crippen molar-refractivity contribution in [3.8, 4) is 0 Å². The summed E-state index contributed by atoms with van der Waals surface area (Å²) in [6.45, 7) is 10.8. The first-order valence-electron chi connectivity index (χ1n) is 6.08. The first kappa shape index (κ1) is 14.5. The van der Waals surface area contributed by atoms with E-state index in [1.165, 1.54) is 6.07 Å². The molecule has 1 rings (SSSR count). The van der Waals surface area contributed by atoms with E-state index in [1.54, 1.807) is 6.07 Å². The van der Waals surface area contributed by atoms with Gasteiger partial charge in [-0.1, -0.05) is 18.2 Å². The molecule has 0 saturated heterocycles. The van der Waals surface area contributed by atoms with Crippen LogP contribution in [0.2, 0.25) is 0 Å². The van der Waals surface area contributed by atoms with Crippen LogP contribution in [-0.2, 0) is 0 Å². The van der Waals surface area contributed by atoms with Crippen LogP contribution >= 0.6 is 0 Å². The van der Waals surface area contributed by atoms with Crippen molar-refractivity contribution in [1.82, 2.24) is 5.32 Å². The Morgan fingerprint density at radius 3 is 2.44 bits per heavy atom. The number of benzene rings is 1. The SMILES string of the molecule is C=CCN(CC=C)c1cccc(F)c1C(C)NC. The highest BCUT2D eigenvalue weighted by atomic mass is 19.1. The number of nitrogens with zero attached hydrogens (tertiary/aromatic N) is 1. The van der Waals surface area contributed by atoms with Gasteiger partial charge in [-0.15, -0.1) is 13.2 Å². The van der Waals surface area contributed by atoms with E-state index in [4.69, 9.17) is 0 Å². The maximum Gasteiger partial charge on any atom is 0.130 e. The van der Waals surface area contributed by atoms with Gasteiger partial charge in [0.2, 0.25) is 0 Å². The third-order valence-electron chi connectivity index (χ3n) is 2.94. The molecule has 1 aromatic rings. The molecule has 0 radical (unpaired) electrons. The Hall–Kier alpha value is -1.61. The normalized spacial score (nSPS) is 11.9. The van der Waals surface area contributed by atoms with E-state index in [-0.39, 0.29) is 11.9 Å². The average Bonchev–Trinajstić information content (AvgIpc) is 2.37. The topological polar surface area (TPSA) is 15.3 Å². The summed E-state index contributed by atoms with van der Waals surface area (Å²) in [4.78, 5) is 2.05. The van der Waals surface area contributed by atoms with Crippen molar-refractivity contribution in [2.45, 2.75) is 13.0 Å². The molecule has 0 bridgehead atoms. The second-order valence-electron chi connectivity index (χ2n) is 4.17. The molecule has 0 saturated carbocycles. The molecular weight excluding hydrogens is 227 g/mol. The van der Waals surface area contributed by atoms with E-state index in [9.17, 15) is 4.39 Å². The molecule has 18 heavy (non-hydrogen) atoms.